The first kappa shape index (κ1) is 17.9. The minimum atomic E-state index is -0.271. The number of likely N-dealkylation sites (tertiary alicyclic amines) is 1. The van der Waals surface area contributed by atoms with Crippen molar-refractivity contribution < 1.29 is 14.0 Å². The maximum Gasteiger partial charge on any atom is 0.236 e. The van der Waals surface area contributed by atoms with Gasteiger partial charge in [-0.25, -0.2) is 4.39 Å². The number of hydrogen-bond donors (Lipinski definition) is 1. The number of hydrogen-bond acceptors (Lipinski definition) is 3. The third-order valence-electron chi connectivity index (χ3n) is 5.21. The Balaban J connectivity index is 1.59. The molecule has 0 aliphatic carbocycles. The first-order valence-corrected chi connectivity index (χ1v) is 9.08. The van der Waals surface area contributed by atoms with Crippen molar-refractivity contribution in [2.45, 2.75) is 38.1 Å². The van der Waals surface area contributed by atoms with Gasteiger partial charge in [0.05, 0.1) is 6.54 Å². The Morgan fingerprint density at radius 2 is 2.24 bits per heavy atom. The normalized spacial score (nSPS) is 22.8. The molecule has 0 radical (unpaired) electrons. The Labute approximate surface area is 148 Å². The van der Waals surface area contributed by atoms with E-state index in [2.05, 4.69) is 5.32 Å². The summed E-state index contributed by atoms with van der Waals surface area (Å²) in [6.45, 7) is 5.22. The number of piperidine rings is 1. The van der Waals surface area contributed by atoms with E-state index in [1.165, 1.54) is 12.1 Å². The van der Waals surface area contributed by atoms with Crippen LogP contribution in [0.1, 0.15) is 37.7 Å². The lowest BCUT2D eigenvalue weighted by molar-refractivity contribution is -0.140. The summed E-state index contributed by atoms with van der Waals surface area (Å²) in [6, 6.07) is 6.57. The molecule has 0 saturated carbocycles. The van der Waals surface area contributed by atoms with Crippen LogP contribution in [0.5, 0.6) is 0 Å². The lowest BCUT2D eigenvalue weighted by atomic mass is 9.96. The van der Waals surface area contributed by atoms with E-state index in [9.17, 15) is 14.0 Å². The van der Waals surface area contributed by atoms with E-state index in [-0.39, 0.29) is 29.6 Å². The first-order valence-electron chi connectivity index (χ1n) is 9.08. The van der Waals surface area contributed by atoms with E-state index in [1.54, 1.807) is 6.07 Å². The van der Waals surface area contributed by atoms with Crippen LogP contribution in [0.4, 0.5) is 4.39 Å². The zero-order valence-electron chi connectivity index (χ0n) is 14.7. The molecule has 2 aliphatic rings. The standard InChI is InChI=1S/C19H26FN3O2/c1-14(15-4-2-5-16(20)11-15)10-18(24)22-8-3-6-17(13-22)23-9-7-21-12-19(23)25/h2,4-5,11,14,17,21H,3,6-10,12-13H2,1H3/t14-,17+/m0/s1. The molecule has 6 heteroatoms. The number of carbonyl (C=O) groups excluding carboxylic acids is 2. The highest BCUT2D eigenvalue weighted by Gasteiger charge is 2.31. The second-order valence-corrected chi connectivity index (χ2v) is 7.06. The summed E-state index contributed by atoms with van der Waals surface area (Å²) in [4.78, 5) is 28.6. The summed E-state index contributed by atoms with van der Waals surface area (Å²) < 4.78 is 13.4. The van der Waals surface area contributed by atoms with Crippen molar-refractivity contribution in [2.24, 2.45) is 0 Å². The number of carbonyl (C=O) groups is 2. The number of rotatable bonds is 4. The van der Waals surface area contributed by atoms with Crippen LogP contribution < -0.4 is 5.32 Å². The highest BCUT2D eigenvalue weighted by atomic mass is 19.1. The van der Waals surface area contributed by atoms with Crippen molar-refractivity contribution in [1.82, 2.24) is 15.1 Å². The summed E-state index contributed by atoms with van der Waals surface area (Å²) in [5.74, 6) is -0.0841. The van der Waals surface area contributed by atoms with Crippen LogP contribution in [-0.4, -0.2) is 60.4 Å². The summed E-state index contributed by atoms with van der Waals surface area (Å²) in [5, 5.41) is 3.08. The fourth-order valence-electron chi connectivity index (χ4n) is 3.76. The van der Waals surface area contributed by atoms with Gasteiger partial charge in [-0.3, -0.25) is 9.59 Å². The van der Waals surface area contributed by atoms with E-state index < -0.39 is 0 Å². The smallest absolute Gasteiger partial charge is 0.236 e. The Bertz CT molecular complexity index is 637. The predicted octanol–water partition coefficient (Wildman–Crippen LogP) is 1.74. The summed E-state index contributed by atoms with van der Waals surface area (Å²) in [5.41, 5.74) is 0.846. The van der Waals surface area contributed by atoms with Crippen molar-refractivity contribution in [3.63, 3.8) is 0 Å². The van der Waals surface area contributed by atoms with Gasteiger partial charge in [-0.2, -0.15) is 0 Å². The zero-order valence-corrected chi connectivity index (χ0v) is 14.7. The Morgan fingerprint density at radius 1 is 1.40 bits per heavy atom. The maximum atomic E-state index is 13.4. The summed E-state index contributed by atoms with van der Waals surface area (Å²) in [7, 11) is 0. The van der Waals surface area contributed by atoms with Crippen molar-refractivity contribution in [3.05, 3.63) is 35.6 Å². The molecule has 2 saturated heterocycles. The second-order valence-electron chi connectivity index (χ2n) is 7.06. The molecule has 136 valence electrons. The van der Waals surface area contributed by atoms with E-state index in [4.69, 9.17) is 0 Å². The van der Waals surface area contributed by atoms with Crippen LogP contribution in [0, 0.1) is 5.82 Å². The van der Waals surface area contributed by atoms with E-state index in [0.29, 0.717) is 26.1 Å². The number of nitrogens with zero attached hydrogens (tertiary/aromatic N) is 2. The van der Waals surface area contributed by atoms with Gasteiger partial charge in [0.15, 0.2) is 0 Å². The van der Waals surface area contributed by atoms with Gasteiger partial charge >= 0.3 is 0 Å². The number of halogens is 1. The van der Waals surface area contributed by atoms with Gasteiger partial charge in [-0.05, 0) is 36.5 Å². The van der Waals surface area contributed by atoms with E-state index in [0.717, 1.165) is 31.5 Å². The molecule has 2 fully saturated rings. The molecular weight excluding hydrogens is 321 g/mol. The van der Waals surface area contributed by atoms with Gasteiger partial charge in [0.2, 0.25) is 11.8 Å². The van der Waals surface area contributed by atoms with Gasteiger partial charge in [-0.1, -0.05) is 19.1 Å². The molecule has 5 nitrogen and oxygen atoms in total. The van der Waals surface area contributed by atoms with Crippen LogP contribution in [-0.2, 0) is 9.59 Å². The van der Waals surface area contributed by atoms with Crippen LogP contribution in [0.2, 0.25) is 0 Å². The SMILES string of the molecule is C[C@@H](CC(=O)N1CCC[C@@H](N2CCNCC2=O)C1)c1cccc(F)c1. The van der Waals surface area contributed by atoms with Crippen molar-refractivity contribution >= 4 is 11.8 Å². The highest BCUT2D eigenvalue weighted by Crippen LogP contribution is 2.23. The van der Waals surface area contributed by atoms with Crippen LogP contribution >= 0.6 is 0 Å². The molecule has 2 heterocycles. The molecule has 0 bridgehead atoms. The third kappa shape index (κ3) is 4.37. The number of piperazine rings is 1. The predicted molar refractivity (Wildman–Crippen MR) is 93.6 cm³/mol. The van der Waals surface area contributed by atoms with Gasteiger partial charge < -0.3 is 15.1 Å². The Hall–Kier alpha value is -1.95. The van der Waals surface area contributed by atoms with Crippen molar-refractivity contribution in [2.75, 3.05) is 32.7 Å². The minimum absolute atomic E-state index is 0.0237. The fourth-order valence-corrected chi connectivity index (χ4v) is 3.76. The molecule has 2 atom stereocenters. The highest BCUT2D eigenvalue weighted by molar-refractivity contribution is 5.80. The summed E-state index contributed by atoms with van der Waals surface area (Å²) >= 11 is 0. The van der Waals surface area contributed by atoms with Crippen LogP contribution in [0.15, 0.2) is 24.3 Å². The van der Waals surface area contributed by atoms with Gasteiger partial charge in [0, 0.05) is 38.6 Å². The lowest BCUT2D eigenvalue weighted by Gasteiger charge is -2.41. The van der Waals surface area contributed by atoms with Gasteiger partial charge in [0.1, 0.15) is 5.82 Å². The fraction of sp³-hybridized carbons (Fsp3) is 0.579. The molecular formula is C19H26FN3O2. The topological polar surface area (TPSA) is 52.7 Å². The van der Waals surface area contributed by atoms with Crippen molar-refractivity contribution in [1.29, 1.82) is 0 Å². The van der Waals surface area contributed by atoms with Crippen molar-refractivity contribution in [3.8, 4) is 0 Å². The lowest BCUT2D eigenvalue weighted by Crippen LogP contribution is -2.57. The number of amides is 2. The Morgan fingerprint density at radius 3 is 3.00 bits per heavy atom. The van der Waals surface area contributed by atoms with E-state index >= 15 is 0 Å². The monoisotopic (exact) mass is 347 g/mol. The van der Waals surface area contributed by atoms with Gasteiger partial charge in [-0.15, -0.1) is 0 Å². The molecule has 1 N–H and O–H groups in total. The molecule has 2 aliphatic heterocycles. The minimum Gasteiger partial charge on any atom is -0.341 e. The first-order chi connectivity index (χ1) is 12.0. The average molecular weight is 347 g/mol. The van der Waals surface area contributed by atoms with Crippen LogP contribution in [0.3, 0.4) is 0 Å². The summed E-state index contributed by atoms with van der Waals surface area (Å²) in [6.07, 6.45) is 2.24. The molecule has 1 aromatic carbocycles. The largest absolute Gasteiger partial charge is 0.341 e. The number of nitrogens with one attached hydrogen (secondary N) is 1. The average Bonchev–Trinajstić information content (AvgIpc) is 2.62. The van der Waals surface area contributed by atoms with E-state index in [1.807, 2.05) is 22.8 Å². The number of benzene rings is 1. The molecule has 25 heavy (non-hydrogen) atoms. The zero-order chi connectivity index (χ0) is 17.8. The Kier molecular flexibility index (Phi) is 5.68. The molecule has 0 unspecified atom stereocenters. The molecule has 3 rings (SSSR count). The maximum absolute atomic E-state index is 13.4. The quantitative estimate of drug-likeness (QED) is 0.903. The van der Waals surface area contributed by atoms with Gasteiger partial charge in [0.25, 0.3) is 0 Å². The molecule has 1 aromatic rings. The third-order valence-corrected chi connectivity index (χ3v) is 5.21. The molecule has 2 amide bonds. The molecule has 0 aromatic heterocycles. The second kappa shape index (κ2) is 7.95. The molecule has 0 spiro atoms. The van der Waals surface area contributed by atoms with Crippen LogP contribution in [0.25, 0.3) is 0 Å².